The number of hydrogen-bond donors (Lipinski definition) is 3. The van der Waals surface area contributed by atoms with E-state index in [1.807, 2.05) is 5.32 Å². The molecule has 192 valence electrons. The lowest BCUT2D eigenvalue weighted by Gasteiger charge is -2.25. The van der Waals surface area contributed by atoms with Crippen molar-refractivity contribution in [2.75, 3.05) is 5.32 Å². The minimum absolute atomic E-state index is 0.119. The first kappa shape index (κ1) is 25.7. The van der Waals surface area contributed by atoms with E-state index in [4.69, 9.17) is 0 Å². The number of hydrogen-bond acceptors (Lipinski definition) is 3. The van der Waals surface area contributed by atoms with Crippen molar-refractivity contribution in [3.05, 3.63) is 75.1 Å². The van der Waals surface area contributed by atoms with Crippen LogP contribution in [0.25, 0.3) is 10.9 Å². The molecule has 5 nitrogen and oxygen atoms in total. The number of carbonyl (C=O) groups is 1. The molecule has 3 aromatic rings. The van der Waals surface area contributed by atoms with Crippen molar-refractivity contribution in [3.63, 3.8) is 0 Å². The van der Waals surface area contributed by atoms with Crippen molar-refractivity contribution < 1.29 is 36.2 Å². The van der Waals surface area contributed by atoms with Crippen LogP contribution in [-0.4, -0.2) is 22.1 Å². The Balaban J connectivity index is 1.65. The average Bonchev–Trinajstić information content (AvgIpc) is 2.80. The second-order valence-electron chi connectivity index (χ2n) is 8.97. The molecule has 0 atom stereocenters. The molecule has 0 aliphatic heterocycles. The number of halogens is 6. The number of pyridine rings is 1. The topological polar surface area (TPSA) is 82.2 Å². The van der Waals surface area contributed by atoms with Gasteiger partial charge in [0.1, 0.15) is 5.56 Å². The zero-order chi connectivity index (χ0) is 26.3. The third-order valence-electron chi connectivity index (χ3n) is 6.44. The number of alkyl halides is 6. The van der Waals surface area contributed by atoms with E-state index in [0.29, 0.717) is 43.7 Å². The molecule has 1 saturated carbocycles. The number of aliphatic hydroxyl groups excluding tert-OH is 1. The van der Waals surface area contributed by atoms with Crippen molar-refractivity contribution in [3.8, 4) is 0 Å². The van der Waals surface area contributed by atoms with E-state index >= 15 is 0 Å². The smallest absolute Gasteiger partial charge is 0.393 e. The molecular weight excluding hydrogens is 490 g/mol. The molecule has 1 amide bonds. The third-order valence-corrected chi connectivity index (χ3v) is 6.44. The highest BCUT2D eigenvalue weighted by atomic mass is 19.4. The van der Waals surface area contributed by atoms with Gasteiger partial charge in [-0.25, -0.2) is 0 Å². The maximum absolute atomic E-state index is 13.8. The Morgan fingerprint density at radius 3 is 2.28 bits per heavy atom. The lowest BCUT2D eigenvalue weighted by molar-refractivity contribution is -0.137. The van der Waals surface area contributed by atoms with Crippen LogP contribution < -0.4 is 10.7 Å². The van der Waals surface area contributed by atoms with Crippen molar-refractivity contribution in [2.24, 2.45) is 5.92 Å². The van der Waals surface area contributed by atoms with E-state index in [1.165, 1.54) is 12.1 Å². The lowest BCUT2D eigenvalue weighted by atomic mass is 9.83. The van der Waals surface area contributed by atoms with Crippen LogP contribution in [0.3, 0.4) is 0 Å². The molecule has 0 bridgehead atoms. The minimum atomic E-state index is -4.88. The summed E-state index contributed by atoms with van der Waals surface area (Å²) in [4.78, 5) is 28.0. The van der Waals surface area contributed by atoms with Gasteiger partial charge in [-0.15, -0.1) is 0 Å². The maximum atomic E-state index is 13.8. The Labute approximate surface area is 201 Å². The summed E-state index contributed by atoms with van der Waals surface area (Å²) < 4.78 is 81.6. The first-order chi connectivity index (χ1) is 16.8. The van der Waals surface area contributed by atoms with Crippen molar-refractivity contribution in [1.82, 2.24) is 4.98 Å². The molecule has 0 unspecified atom stereocenters. The second-order valence-corrected chi connectivity index (χ2v) is 8.97. The van der Waals surface area contributed by atoms with Crippen LogP contribution in [-0.2, 0) is 18.8 Å². The largest absolute Gasteiger partial charge is 0.418 e. The number of H-pyrrole nitrogens is 1. The molecular formula is C25H22F6N2O3. The fraction of sp³-hybridized carbons (Fsp3) is 0.360. The number of nitrogens with one attached hydrogen (secondary N) is 2. The lowest BCUT2D eigenvalue weighted by Crippen LogP contribution is -2.25. The molecule has 1 aliphatic rings. The van der Waals surface area contributed by atoms with Crippen LogP contribution in [0.15, 0.2) is 47.4 Å². The molecule has 1 aromatic heterocycles. The minimum Gasteiger partial charge on any atom is -0.393 e. The molecule has 2 aromatic carbocycles. The second kappa shape index (κ2) is 9.61. The van der Waals surface area contributed by atoms with Gasteiger partial charge in [0.25, 0.3) is 5.91 Å². The number of aromatic nitrogens is 1. The van der Waals surface area contributed by atoms with Gasteiger partial charge in [0.15, 0.2) is 0 Å². The van der Waals surface area contributed by atoms with E-state index < -0.39 is 57.6 Å². The van der Waals surface area contributed by atoms with E-state index in [9.17, 15) is 41.0 Å². The van der Waals surface area contributed by atoms with Gasteiger partial charge in [0, 0.05) is 11.7 Å². The van der Waals surface area contributed by atoms with Gasteiger partial charge >= 0.3 is 12.4 Å². The number of carbonyl (C=O) groups excluding carboxylic acids is 1. The van der Waals surface area contributed by atoms with Gasteiger partial charge in [-0.05, 0) is 67.9 Å². The highest BCUT2D eigenvalue weighted by Crippen LogP contribution is 2.37. The summed E-state index contributed by atoms with van der Waals surface area (Å²) in [5.74, 6) is -1.15. The van der Waals surface area contributed by atoms with Crippen LogP contribution >= 0.6 is 0 Å². The van der Waals surface area contributed by atoms with Crippen LogP contribution in [0.1, 0.15) is 52.7 Å². The Kier molecular flexibility index (Phi) is 6.87. The number of amides is 1. The number of rotatable bonds is 4. The van der Waals surface area contributed by atoms with Crippen LogP contribution in [0.4, 0.5) is 32.0 Å². The van der Waals surface area contributed by atoms with Crippen LogP contribution in [0.2, 0.25) is 0 Å². The van der Waals surface area contributed by atoms with Crippen molar-refractivity contribution in [1.29, 1.82) is 0 Å². The molecule has 36 heavy (non-hydrogen) atoms. The van der Waals surface area contributed by atoms with Gasteiger partial charge in [-0.2, -0.15) is 26.3 Å². The number of aromatic amines is 1. The molecule has 0 saturated heterocycles. The number of aliphatic hydroxyl groups is 1. The summed E-state index contributed by atoms with van der Waals surface area (Å²) >= 11 is 0. The predicted octanol–water partition coefficient (Wildman–Crippen LogP) is 5.91. The van der Waals surface area contributed by atoms with E-state index in [2.05, 4.69) is 4.98 Å². The monoisotopic (exact) mass is 512 g/mol. The van der Waals surface area contributed by atoms with Crippen molar-refractivity contribution >= 4 is 22.5 Å². The van der Waals surface area contributed by atoms with Gasteiger partial charge in [0.05, 0.1) is 28.3 Å². The van der Waals surface area contributed by atoms with Crippen molar-refractivity contribution in [2.45, 2.75) is 50.6 Å². The molecule has 1 fully saturated rings. The molecule has 1 heterocycles. The van der Waals surface area contributed by atoms with Crippen LogP contribution in [0, 0.1) is 5.92 Å². The standard InChI is InChI=1S/C25H22F6N2O3/c26-24(27,28)17-2-1-3-20-21(17)22(35)16(12-32-20)23(36)33-19-9-6-14(11-18(19)25(29,30)31)10-13-4-7-15(34)8-5-13/h1-3,6,9,11-13,15,34H,4-5,7-8,10H2,(H,32,35)(H,33,36). The third kappa shape index (κ3) is 5.40. The summed E-state index contributed by atoms with van der Waals surface area (Å²) in [5, 5.41) is 10.9. The molecule has 11 heteroatoms. The van der Waals surface area contributed by atoms with E-state index in [0.717, 1.165) is 24.4 Å². The summed E-state index contributed by atoms with van der Waals surface area (Å²) in [5.41, 5.74) is -4.76. The zero-order valence-corrected chi connectivity index (χ0v) is 18.8. The summed E-state index contributed by atoms with van der Waals surface area (Å²) in [6.45, 7) is 0. The summed E-state index contributed by atoms with van der Waals surface area (Å²) in [6, 6.07) is 6.43. The quantitative estimate of drug-likeness (QED) is 0.380. The fourth-order valence-electron chi connectivity index (χ4n) is 4.61. The van der Waals surface area contributed by atoms with E-state index in [1.54, 1.807) is 0 Å². The molecule has 3 N–H and O–H groups in total. The maximum Gasteiger partial charge on any atom is 0.418 e. The van der Waals surface area contributed by atoms with Gasteiger partial charge in [-0.3, -0.25) is 9.59 Å². The molecule has 0 spiro atoms. The Morgan fingerprint density at radius 1 is 0.972 bits per heavy atom. The average molecular weight is 512 g/mol. The molecule has 4 rings (SSSR count). The predicted molar refractivity (Wildman–Crippen MR) is 121 cm³/mol. The fourth-order valence-corrected chi connectivity index (χ4v) is 4.61. The molecule has 1 aliphatic carbocycles. The van der Waals surface area contributed by atoms with E-state index in [-0.39, 0.29) is 11.4 Å². The SMILES string of the molecule is O=C(Nc1ccc(CC2CCC(O)CC2)cc1C(F)(F)F)c1c[nH]c2cccc(C(F)(F)F)c2c1=O. The highest BCUT2D eigenvalue weighted by Gasteiger charge is 2.36. The highest BCUT2D eigenvalue weighted by molar-refractivity contribution is 6.06. The van der Waals surface area contributed by atoms with Crippen LogP contribution in [0.5, 0.6) is 0 Å². The Bertz CT molecular complexity index is 1340. The first-order valence-corrected chi connectivity index (χ1v) is 11.3. The molecule has 0 radical (unpaired) electrons. The van der Waals surface area contributed by atoms with Gasteiger partial charge in [0.2, 0.25) is 5.43 Å². The normalized spacial score (nSPS) is 18.9. The first-order valence-electron chi connectivity index (χ1n) is 11.3. The number of fused-ring (bicyclic) bond motifs is 1. The number of anilines is 1. The van der Waals surface area contributed by atoms with Gasteiger partial charge < -0.3 is 15.4 Å². The summed E-state index contributed by atoms with van der Waals surface area (Å²) in [6.07, 6.45) is -6.32. The Morgan fingerprint density at radius 2 is 1.64 bits per heavy atom. The zero-order valence-electron chi connectivity index (χ0n) is 18.8. The summed E-state index contributed by atoms with van der Waals surface area (Å²) in [7, 11) is 0. The number of benzene rings is 2. The van der Waals surface area contributed by atoms with Gasteiger partial charge in [-0.1, -0.05) is 12.1 Å². The Hall–Kier alpha value is -3.34.